The number of nitrogens with one attached hydrogen (secondary N) is 2. The van der Waals surface area contributed by atoms with Crippen LogP contribution in [-0.2, 0) is 6.54 Å². The van der Waals surface area contributed by atoms with E-state index in [4.69, 9.17) is 0 Å². The van der Waals surface area contributed by atoms with Crippen molar-refractivity contribution in [1.82, 2.24) is 15.3 Å². The number of nitrogens with zero attached hydrogens (tertiary/aromatic N) is 1. The zero-order chi connectivity index (χ0) is 12.4. The number of hydrogen-bond donors (Lipinski definition) is 2. The Morgan fingerprint density at radius 1 is 1.28 bits per heavy atom. The Balaban J connectivity index is 1.76. The highest BCUT2D eigenvalue weighted by molar-refractivity contribution is 5.34. The Kier molecular flexibility index (Phi) is 3.15. The minimum atomic E-state index is 0.461. The Morgan fingerprint density at radius 2 is 2.11 bits per heavy atom. The van der Waals surface area contributed by atoms with E-state index in [-0.39, 0.29) is 0 Å². The maximum Gasteiger partial charge on any atom is 0.120 e. The lowest BCUT2D eigenvalue weighted by Gasteiger charge is -2.30. The highest BCUT2D eigenvalue weighted by Gasteiger charge is 2.23. The Morgan fingerprint density at radius 3 is 2.89 bits per heavy atom. The molecule has 3 rings (SSSR count). The van der Waals surface area contributed by atoms with Gasteiger partial charge in [0.25, 0.3) is 0 Å². The SMILES string of the molecule is CC1CCC(NCc2ncc[nH]2)c2ccccc21. The van der Waals surface area contributed by atoms with Crippen molar-refractivity contribution in [1.29, 1.82) is 0 Å². The van der Waals surface area contributed by atoms with Crippen LogP contribution in [-0.4, -0.2) is 9.97 Å². The van der Waals surface area contributed by atoms with Gasteiger partial charge in [-0.15, -0.1) is 0 Å². The number of aromatic nitrogens is 2. The molecule has 0 aliphatic heterocycles. The molecule has 2 unspecified atom stereocenters. The average Bonchev–Trinajstić information content (AvgIpc) is 2.92. The molecule has 0 bridgehead atoms. The maximum atomic E-state index is 4.25. The van der Waals surface area contributed by atoms with Gasteiger partial charge in [-0.25, -0.2) is 4.98 Å². The third-order valence-corrected chi connectivity index (χ3v) is 3.86. The summed E-state index contributed by atoms with van der Waals surface area (Å²) < 4.78 is 0. The summed E-state index contributed by atoms with van der Waals surface area (Å²) in [6.45, 7) is 3.13. The highest BCUT2D eigenvalue weighted by atomic mass is 15.0. The van der Waals surface area contributed by atoms with E-state index in [1.807, 2.05) is 6.20 Å². The molecule has 0 amide bonds. The number of imidazole rings is 1. The van der Waals surface area contributed by atoms with Crippen molar-refractivity contribution in [2.75, 3.05) is 0 Å². The predicted molar refractivity (Wildman–Crippen MR) is 72.3 cm³/mol. The standard InChI is InChI=1S/C15H19N3/c1-11-6-7-14(13-5-3-2-4-12(11)13)18-10-15-16-8-9-17-15/h2-5,8-9,11,14,18H,6-7,10H2,1H3,(H,16,17). The summed E-state index contributed by atoms with van der Waals surface area (Å²) in [6.07, 6.45) is 6.13. The number of aromatic amines is 1. The molecule has 2 atom stereocenters. The molecular formula is C15H19N3. The molecule has 0 radical (unpaired) electrons. The minimum absolute atomic E-state index is 0.461. The molecule has 18 heavy (non-hydrogen) atoms. The zero-order valence-corrected chi connectivity index (χ0v) is 10.7. The van der Waals surface area contributed by atoms with E-state index >= 15 is 0 Å². The van der Waals surface area contributed by atoms with Gasteiger partial charge in [-0.1, -0.05) is 31.2 Å². The monoisotopic (exact) mass is 241 g/mol. The molecule has 2 N–H and O–H groups in total. The number of hydrogen-bond acceptors (Lipinski definition) is 2. The van der Waals surface area contributed by atoms with Crippen LogP contribution < -0.4 is 5.32 Å². The summed E-state index contributed by atoms with van der Waals surface area (Å²) in [4.78, 5) is 7.39. The summed E-state index contributed by atoms with van der Waals surface area (Å²) >= 11 is 0. The molecule has 0 spiro atoms. The second-order valence-corrected chi connectivity index (χ2v) is 5.08. The fraction of sp³-hybridized carbons (Fsp3) is 0.400. The molecule has 3 heteroatoms. The smallest absolute Gasteiger partial charge is 0.120 e. The third-order valence-electron chi connectivity index (χ3n) is 3.86. The molecule has 94 valence electrons. The Hall–Kier alpha value is -1.61. The second-order valence-electron chi connectivity index (χ2n) is 5.08. The molecule has 1 heterocycles. The van der Waals surface area contributed by atoms with Crippen LogP contribution >= 0.6 is 0 Å². The molecule has 0 fully saturated rings. The lowest BCUT2D eigenvalue weighted by molar-refractivity contribution is 0.427. The second kappa shape index (κ2) is 4.94. The van der Waals surface area contributed by atoms with Crippen molar-refractivity contribution in [3.05, 3.63) is 53.6 Å². The quantitative estimate of drug-likeness (QED) is 0.866. The van der Waals surface area contributed by atoms with E-state index in [1.165, 1.54) is 24.0 Å². The zero-order valence-electron chi connectivity index (χ0n) is 10.7. The molecule has 1 aromatic carbocycles. The summed E-state index contributed by atoms with van der Waals surface area (Å²) in [5.41, 5.74) is 2.96. The highest BCUT2D eigenvalue weighted by Crippen LogP contribution is 2.36. The molecule has 1 aromatic heterocycles. The van der Waals surface area contributed by atoms with Crippen LogP contribution in [0.3, 0.4) is 0 Å². The van der Waals surface area contributed by atoms with E-state index in [0.29, 0.717) is 12.0 Å². The van der Waals surface area contributed by atoms with Crippen molar-refractivity contribution >= 4 is 0 Å². The van der Waals surface area contributed by atoms with Gasteiger partial charge in [-0.05, 0) is 29.9 Å². The molecule has 3 nitrogen and oxygen atoms in total. The van der Waals surface area contributed by atoms with Crippen LogP contribution in [0.5, 0.6) is 0 Å². The first-order chi connectivity index (χ1) is 8.84. The van der Waals surface area contributed by atoms with E-state index in [1.54, 1.807) is 6.20 Å². The fourth-order valence-corrected chi connectivity index (χ4v) is 2.83. The summed E-state index contributed by atoms with van der Waals surface area (Å²) in [5, 5.41) is 3.61. The fourth-order valence-electron chi connectivity index (χ4n) is 2.83. The maximum absolute atomic E-state index is 4.25. The summed E-state index contributed by atoms with van der Waals surface area (Å²) in [7, 11) is 0. The van der Waals surface area contributed by atoms with E-state index in [0.717, 1.165) is 12.4 Å². The molecule has 1 aliphatic rings. The third kappa shape index (κ3) is 2.18. The molecule has 2 aromatic rings. The van der Waals surface area contributed by atoms with E-state index < -0.39 is 0 Å². The van der Waals surface area contributed by atoms with Crippen LogP contribution in [0.4, 0.5) is 0 Å². The van der Waals surface area contributed by atoms with Gasteiger partial charge in [-0.2, -0.15) is 0 Å². The average molecular weight is 241 g/mol. The largest absolute Gasteiger partial charge is 0.348 e. The molecular weight excluding hydrogens is 222 g/mol. The molecule has 0 saturated carbocycles. The lowest BCUT2D eigenvalue weighted by atomic mass is 9.81. The van der Waals surface area contributed by atoms with Crippen LogP contribution in [0.1, 0.15) is 48.7 Å². The van der Waals surface area contributed by atoms with Gasteiger partial charge in [0.1, 0.15) is 5.82 Å². The number of H-pyrrole nitrogens is 1. The lowest BCUT2D eigenvalue weighted by Crippen LogP contribution is -2.26. The van der Waals surface area contributed by atoms with Crippen molar-refractivity contribution in [3.8, 4) is 0 Å². The minimum Gasteiger partial charge on any atom is -0.348 e. The van der Waals surface area contributed by atoms with Crippen molar-refractivity contribution in [2.45, 2.75) is 38.3 Å². The van der Waals surface area contributed by atoms with Crippen molar-refractivity contribution in [2.24, 2.45) is 0 Å². The van der Waals surface area contributed by atoms with Gasteiger partial charge in [0.05, 0.1) is 6.54 Å². The topological polar surface area (TPSA) is 40.7 Å². The first-order valence-corrected chi connectivity index (χ1v) is 6.65. The van der Waals surface area contributed by atoms with E-state index in [9.17, 15) is 0 Å². The predicted octanol–water partition coefficient (Wildman–Crippen LogP) is 3.14. The van der Waals surface area contributed by atoms with Crippen molar-refractivity contribution < 1.29 is 0 Å². The first kappa shape index (κ1) is 11.5. The number of rotatable bonds is 3. The molecule has 1 aliphatic carbocycles. The van der Waals surface area contributed by atoms with Gasteiger partial charge >= 0.3 is 0 Å². The number of fused-ring (bicyclic) bond motifs is 1. The van der Waals surface area contributed by atoms with Gasteiger partial charge in [0, 0.05) is 18.4 Å². The first-order valence-electron chi connectivity index (χ1n) is 6.65. The normalized spacial score (nSPS) is 22.7. The van der Waals surface area contributed by atoms with Gasteiger partial charge in [0.2, 0.25) is 0 Å². The van der Waals surface area contributed by atoms with Gasteiger partial charge in [0.15, 0.2) is 0 Å². The molecule has 0 saturated heterocycles. The van der Waals surface area contributed by atoms with Gasteiger partial charge < -0.3 is 10.3 Å². The summed E-state index contributed by atoms with van der Waals surface area (Å²) in [6, 6.07) is 9.26. The van der Waals surface area contributed by atoms with Crippen LogP contribution in [0.2, 0.25) is 0 Å². The summed E-state index contributed by atoms with van der Waals surface area (Å²) in [5.74, 6) is 1.69. The van der Waals surface area contributed by atoms with Crippen LogP contribution in [0.15, 0.2) is 36.7 Å². The number of benzene rings is 1. The van der Waals surface area contributed by atoms with Crippen LogP contribution in [0.25, 0.3) is 0 Å². The Bertz CT molecular complexity index is 504. The Labute approximate surface area is 108 Å². The van der Waals surface area contributed by atoms with E-state index in [2.05, 4.69) is 46.5 Å². The van der Waals surface area contributed by atoms with Gasteiger partial charge in [-0.3, -0.25) is 0 Å². The van der Waals surface area contributed by atoms with Crippen LogP contribution in [0, 0.1) is 0 Å². The van der Waals surface area contributed by atoms with Crippen molar-refractivity contribution in [3.63, 3.8) is 0 Å².